The van der Waals surface area contributed by atoms with Crippen LogP contribution >= 0.6 is 11.3 Å². The molecule has 0 N–H and O–H groups in total. The molecule has 3 aromatic heterocycles. The van der Waals surface area contributed by atoms with Crippen molar-refractivity contribution in [3.63, 3.8) is 0 Å². The van der Waals surface area contributed by atoms with Crippen molar-refractivity contribution >= 4 is 53.4 Å². The Balaban J connectivity index is 1.23. The summed E-state index contributed by atoms with van der Waals surface area (Å²) in [6.45, 7) is 0. The van der Waals surface area contributed by atoms with Gasteiger partial charge in [-0.2, -0.15) is 0 Å². The van der Waals surface area contributed by atoms with Crippen LogP contribution in [0.3, 0.4) is 0 Å². The average Bonchev–Trinajstić information content (AvgIpc) is 3.77. The van der Waals surface area contributed by atoms with Gasteiger partial charge in [-0.25, -0.2) is 15.0 Å². The third-order valence-corrected chi connectivity index (χ3v) is 10.5. The fourth-order valence-electron chi connectivity index (χ4n) is 7.00. The van der Waals surface area contributed by atoms with Crippen molar-refractivity contribution in [1.29, 1.82) is 0 Å². The summed E-state index contributed by atoms with van der Waals surface area (Å²) in [6, 6.07) is 56.7. The number of hydrogen-bond donors (Lipinski definition) is 0. The Bertz CT molecular complexity index is 2800. The Morgan fingerprint density at radius 3 is 1.70 bits per heavy atom. The molecule has 0 amide bonds. The molecule has 0 fully saturated rings. The Morgan fingerprint density at radius 1 is 0.400 bits per heavy atom. The highest BCUT2D eigenvalue weighted by Crippen LogP contribution is 2.47. The first-order chi connectivity index (χ1) is 24.8. The number of nitrogens with zero attached hydrogens (tertiary/aromatic N) is 3. The van der Waals surface area contributed by atoms with Gasteiger partial charge in [-0.1, -0.05) is 133 Å². The number of para-hydroxylation sites is 1. The predicted molar refractivity (Wildman–Crippen MR) is 207 cm³/mol. The van der Waals surface area contributed by atoms with Crippen LogP contribution in [0, 0.1) is 0 Å². The maximum absolute atomic E-state index is 6.65. The van der Waals surface area contributed by atoms with Crippen LogP contribution in [0.15, 0.2) is 168 Å². The summed E-state index contributed by atoms with van der Waals surface area (Å²) in [5.41, 5.74) is 9.21. The molecule has 0 aliphatic heterocycles. The molecule has 234 valence electrons. The van der Waals surface area contributed by atoms with Crippen molar-refractivity contribution < 1.29 is 4.42 Å². The molecule has 10 aromatic rings. The molecule has 5 heteroatoms. The van der Waals surface area contributed by atoms with Gasteiger partial charge in [0.1, 0.15) is 11.2 Å². The third kappa shape index (κ3) is 4.71. The average molecular weight is 658 g/mol. The molecule has 0 saturated carbocycles. The zero-order valence-corrected chi connectivity index (χ0v) is 27.6. The molecular formula is C45H27N3OS. The lowest BCUT2D eigenvalue weighted by Gasteiger charge is -2.10. The van der Waals surface area contributed by atoms with Crippen LogP contribution in [0.2, 0.25) is 0 Å². The summed E-state index contributed by atoms with van der Waals surface area (Å²) in [5.74, 6) is 1.96. The van der Waals surface area contributed by atoms with Crippen molar-refractivity contribution in [1.82, 2.24) is 15.0 Å². The van der Waals surface area contributed by atoms with Crippen molar-refractivity contribution in [2.45, 2.75) is 0 Å². The maximum atomic E-state index is 6.65. The summed E-state index contributed by atoms with van der Waals surface area (Å²) in [6.07, 6.45) is 0. The van der Waals surface area contributed by atoms with Crippen LogP contribution < -0.4 is 0 Å². The second kappa shape index (κ2) is 11.6. The molecule has 50 heavy (non-hydrogen) atoms. The minimum absolute atomic E-state index is 0.651. The van der Waals surface area contributed by atoms with E-state index >= 15 is 0 Å². The maximum Gasteiger partial charge on any atom is 0.165 e. The van der Waals surface area contributed by atoms with E-state index in [-0.39, 0.29) is 0 Å². The molecule has 0 unspecified atom stereocenters. The number of thiophene rings is 1. The number of aromatic nitrogens is 3. The molecule has 0 saturated heterocycles. The molecule has 0 bridgehead atoms. The van der Waals surface area contributed by atoms with Gasteiger partial charge in [-0.15, -0.1) is 11.3 Å². The van der Waals surface area contributed by atoms with Crippen LogP contribution in [0.1, 0.15) is 0 Å². The van der Waals surface area contributed by atoms with E-state index in [1.807, 2.05) is 66.7 Å². The minimum Gasteiger partial charge on any atom is -0.455 e. The fourth-order valence-corrected chi connectivity index (χ4v) is 8.24. The zero-order chi connectivity index (χ0) is 33.0. The summed E-state index contributed by atoms with van der Waals surface area (Å²) < 4.78 is 8.98. The smallest absolute Gasteiger partial charge is 0.165 e. The lowest BCUT2D eigenvalue weighted by Crippen LogP contribution is -2.00. The van der Waals surface area contributed by atoms with Gasteiger partial charge in [0.2, 0.25) is 0 Å². The third-order valence-electron chi connectivity index (χ3n) is 9.34. The molecule has 0 aliphatic rings. The standard InChI is InChI=1S/C45H27N3OS/c1-4-14-28(15-5-1)31-26-36-32-20-10-11-24-38(32)49-41(36)37(27-31)33-21-13-25-39-40(33)34-22-12-23-35(42(34)50-39)45-47-43(29-16-6-2-7-17-29)46-44(48-45)30-18-8-3-9-19-30/h1-27H. The summed E-state index contributed by atoms with van der Waals surface area (Å²) in [7, 11) is 0. The molecular weight excluding hydrogens is 631 g/mol. The van der Waals surface area contributed by atoms with E-state index in [9.17, 15) is 0 Å². The second-order valence-corrected chi connectivity index (χ2v) is 13.4. The number of furan rings is 1. The highest BCUT2D eigenvalue weighted by molar-refractivity contribution is 7.26. The molecule has 3 heterocycles. The summed E-state index contributed by atoms with van der Waals surface area (Å²) in [4.78, 5) is 15.1. The Labute approximate surface area is 292 Å². The molecule has 0 spiro atoms. The molecule has 0 aliphatic carbocycles. The van der Waals surface area contributed by atoms with Gasteiger partial charge in [-0.05, 0) is 47.0 Å². The first kappa shape index (κ1) is 28.6. The van der Waals surface area contributed by atoms with Gasteiger partial charge in [-0.3, -0.25) is 0 Å². The molecule has 0 atom stereocenters. The van der Waals surface area contributed by atoms with Crippen molar-refractivity contribution in [3.05, 3.63) is 164 Å². The normalized spacial score (nSPS) is 11.6. The van der Waals surface area contributed by atoms with Gasteiger partial charge in [0.05, 0.1) is 0 Å². The lowest BCUT2D eigenvalue weighted by molar-refractivity contribution is 0.670. The van der Waals surface area contributed by atoms with Crippen LogP contribution in [0.4, 0.5) is 0 Å². The van der Waals surface area contributed by atoms with Gasteiger partial charge in [0.25, 0.3) is 0 Å². The largest absolute Gasteiger partial charge is 0.455 e. The van der Waals surface area contributed by atoms with Crippen molar-refractivity contribution in [2.75, 3.05) is 0 Å². The van der Waals surface area contributed by atoms with Crippen LogP contribution in [-0.4, -0.2) is 15.0 Å². The number of benzene rings is 7. The predicted octanol–water partition coefficient (Wildman–Crippen LogP) is 12.5. The van der Waals surface area contributed by atoms with E-state index in [0.717, 1.165) is 65.4 Å². The van der Waals surface area contributed by atoms with Gasteiger partial charge < -0.3 is 4.42 Å². The zero-order valence-electron chi connectivity index (χ0n) is 26.7. The quantitative estimate of drug-likeness (QED) is 0.185. The molecule has 0 radical (unpaired) electrons. The Morgan fingerprint density at radius 2 is 0.980 bits per heavy atom. The van der Waals surface area contributed by atoms with E-state index in [1.165, 1.54) is 15.6 Å². The molecule has 10 rings (SSSR count). The number of fused-ring (bicyclic) bond motifs is 6. The Hall–Kier alpha value is -6.43. The monoisotopic (exact) mass is 657 g/mol. The first-order valence-electron chi connectivity index (χ1n) is 16.6. The van der Waals surface area contributed by atoms with E-state index in [4.69, 9.17) is 19.4 Å². The van der Waals surface area contributed by atoms with E-state index in [1.54, 1.807) is 11.3 Å². The Kier molecular flexibility index (Phi) is 6.64. The number of rotatable bonds is 5. The van der Waals surface area contributed by atoms with E-state index in [0.29, 0.717) is 17.5 Å². The van der Waals surface area contributed by atoms with Gasteiger partial charge >= 0.3 is 0 Å². The first-order valence-corrected chi connectivity index (χ1v) is 17.4. The van der Waals surface area contributed by atoms with Crippen molar-refractivity contribution in [2.24, 2.45) is 0 Å². The number of hydrogen-bond acceptors (Lipinski definition) is 5. The molecule has 4 nitrogen and oxygen atoms in total. The van der Waals surface area contributed by atoms with Crippen LogP contribution in [0.5, 0.6) is 0 Å². The van der Waals surface area contributed by atoms with E-state index in [2.05, 4.69) is 97.1 Å². The second-order valence-electron chi connectivity index (χ2n) is 12.4. The van der Waals surface area contributed by atoms with Crippen molar-refractivity contribution in [3.8, 4) is 56.4 Å². The minimum atomic E-state index is 0.651. The topological polar surface area (TPSA) is 51.8 Å². The summed E-state index contributed by atoms with van der Waals surface area (Å²) in [5, 5.41) is 4.59. The molecule has 7 aromatic carbocycles. The van der Waals surface area contributed by atoms with Gasteiger partial charge in [0.15, 0.2) is 17.5 Å². The SMILES string of the molecule is c1ccc(-c2cc(-c3cccc4sc5c(-c6nc(-c7ccccc7)nc(-c7ccccc7)n6)cccc5c34)c3oc4ccccc4c3c2)cc1. The van der Waals surface area contributed by atoms with E-state index < -0.39 is 0 Å². The van der Waals surface area contributed by atoms with Crippen LogP contribution in [0.25, 0.3) is 98.5 Å². The van der Waals surface area contributed by atoms with Gasteiger partial charge in [0, 0.05) is 53.2 Å². The summed E-state index contributed by atoms with van der Waals surface area (Å²) >= 11 is 1.78. The lowest BCUT2D eigenvalue weighted by atomic mass is 9.93. The highest BCUT2D eigenvalue weighted by atomic mass is 32.1. The highest BCUT2D eigenvalue weighted by Gasteiger charge is 2.21. The van der Waals surface area contributed by atoms with Crippen LogP contribution in [-0.2, 0) is 0 Å². The fraction of sp³-hybridized carbons (Fsp3) is 0.